The van der Waals surface area contributed by atoms with Crippen LogP contribution in [-0.2, 0) is 9.47 Å². The van der Waals surface area contributed by atoms with Crippen molar-refractivity contribution in [3.8, 4) is 0 Å². The van der Waals surface area contributed by atoms with Crippen LogP contribution in [0.3, 0.4) is 0 Å². The zero-order chi connectivity index (χ0) is 22.6. The quantitative estimate of drug-likeness (QED) is 0.176. The number of rotatable bonds is 20. The third kappa shape index (κ3) is 14.3. The van der Waals surface area contributed by atoms with Crippen LogP contribution in [0.25, 0.3) is 0 Å². The molecule has 31 heavy (non-hydrogen) atoms. The molecule has 0 bridgehead atoms. The smallest absolute Gasteiger partial charge is 0.111 e. The molecule has 3 N–H and O–H groups in total. The third-order valence-corrected chi connectivity index (χ3v) is 6.25. The van der Waals surface area contributed by atoms with E-state index in [2.05, 4.69) is 19.1 Å². The van der Waals surface area contributed by atoms with Crippen LogP contribution in [0.5, 0.6) is 0 Å². The SMILES string of the molecule is CCCCCCC/C=C/CCCCCCCCCCCO[C@H]1CO[C@H](CO)[C@@H](O)[C@@H]1O. The van der Waals surface area contributed by atoms with Crippen molar-refractivity contribution in [3.63, 3.8) is 0 Å². The highest BCUT2D eigenvalue weighted by Gasteiger charge is 2.38. The molecule has 0 aromatic heterocycles. The minimum Gasteiger partial charge on any atom is -0.394 e. The summed E-state index contributed by atoms with van der Waals surface area (Å²) in [6.45, 7) is 2.77. The Bertz CT molecular complexity index is 415. The monoisotopic (exact) mass is 442 g/mol. The van der Waals surface area contributed by atoms with Gasteiger partial charge in [0.1, 0.15) is 24.4 Å². The molecule has 184 valence electrons. The molecule has 1 aliphatic heterocycles. The molecule has 0 spiro atoms. The molecule has 4 atom stereocenters. The summed E-state index contributed by atoms with van der Waals surface area (Å²) >= 11 is 0. The van der Waals surface area contributed by atoms with Crippen LogP contribution < -0.4 is 0 Å². The van der Waals surface area contributed by atoms with Crippen molar-refractivity contribution < 1.29 is 24.8 Å². The number of hydrogen-bond donors (Lipinski definition) is 3. The van der Waals surface area contributed by atoms with Crippen LogP contribution in [0.15, 0.2) is 12.2 Å². The lowest BCUT2D eigenvalue weighted by atomic mass is 10.0. The van der Waals surface area contributed by atoms with Crippen molar-refractivity contribution >= 4 is 0 Å². The van der Waals surface area contributed by atoms with Crippen molar-refractivity contribution in [2.24, 2.45) is 0 Å². The van der Waals surface area contributed by atoms with Gasteiger partial charge in [-0.05, 0) is 32.1 Å². The van der Waals surface area contributed by atoms with E-state index >= 15 is 0 Å². The summed E-state index contributed by atoms with van der Waals surface area (Å²) in [5, 5.41) is 28.9. The van der Waals surface area contributed by atoms with E-state index in [0.717, 1.165) is 12.8 Å². The van der Waals surface area contributed by atoms with Gasteiger partial charge < -0.3 is 24.8 Å². The van der Waals surface area contributed by atoms with Crippen LogP contribution >= 0.6 is 0 Å². The van der Waals surface area contributed by atoms with E-state index in [1.807, 2.05) is 0 Å². The molecule has 1 fully saturated rings. The maximum atomic E-state index is 10.0. The Hall–Kier alpha value is -0.460. The molecule has 0 aromatic carbocycles. The molecule has 0 aliphatic carbocycles. The summed E-state index contributed by atoms with van der Waals surface area (Å²) in [5.74, 6) is 0. The van der Waals surface area contributed by atoms with Gasteiger partial charge in [-0.2, -0.15) is 0 Å². The predicted molar refractivity (Wildman–Crippen MR) is 127 cm³/mol. The Morgan fingerprint density at radius 3 is 1.81 bits per heavy atom. The maximum absolute atomic E-state index is 10.0. The van der Waals surface area contributed by atoms with Crippen molar-refractivity contribution in [2.75, 3.05) is 19.8 Å². The minimum atomic E-state index is -1.08. The number of allylic oxidation sites excluding steroid dienone is 2. The first-order valence-electron chi connectivity index (χ1n) is 13.1. The molecular formula is C26H50O5. The first kappa shape index (κ1) is 28.6. The molecule has 1 aliphatic rings. The highest BCUT2D eigenvalue weighted by molar-refractivity contribution is 4.87. The molecule has 5 heteroatoms. The first-order valence-corrected chi connectivity index (χ1v) is 13.1. The zero-order valence-electron chi connectivity index (χ0n) is 20.1. The third-order valence-electron chi connectivity index (χ3n) is 6.25. The highest BCUT2D eigenvalue weighted by atomic mass is 16.6. The molecule has 0 unspecified atom stereocenters. The Morgan fingerprint density at radius 1 is 0.742 bits per heavy atom. The molecule has 0 radical (unpaired) electrons. The lowest BCUT2D eigenvalue weighted by Gasteiger charge is -2.36. The maximum Gasteiger partial charge on any atom is 0.111 e. The Balaban J connectivity index is 1.80. The van der Waals surface area contributed by atoms with Crippen molar-refractivity contribution in [1.82, 2.24) is 0 Å². The Kier molecular flexibility index (Phi) is 18.6. The number of aliphatic hydroxyl groups excluding tert-OH is 3. The van der Waals surface area contributed by atoms with E-state index in [1.54, 1.807) is 0 Å². The van der Waals surface area contributed by atoms with Crippen LogP contribution in [0, 0.1) is 0 Å². The van der Waals surface area contributed by atoms with Crippen LogP contribution in [0.4, 0.5) is 0 Å². The van der Waals surface area contributed by atoms with Crippen LogP contribution in [-0.4, -0.2) is 59.6 Å². The molecule has 0 saturated carbocycles. The van der Waals surface area contributed by atoms with E-state index in [9.17, 15) is 10.2 Å². The van der Waals surface area contributed by atoms with Crippen LogP contribution in [0.2, 0.25) is 0 Å². The van der Waals surface area contributed by atoms with E-state index in [4.69, 9.17) is 14.6 Å². The van der Waals surface area contributed by atoms with Gasteiger partial charge in [0.15, 0.2) is 0 Å². The highest BCUT2D eigenvalue weighted by Crippen LogP contribution is 2.18. The van der Waals surface area contributed by atoms with Gasteiger partial charge in [-0.25, -0.2) is 0 Å². The second-order valence-electron chi connectivity index (χ2n) is 9.09. The molecule has 5 nitrogen and oxygen atoms in total. The van der Waals surface area contributed by atoms with Gasteiger partial charge in [-0.3, -0.25) is 0 Å². The lowest BCUT2D eigenvalue weighted by Crippen LogP contribution is -2.55. The van der Waals surface area contributed by atoms with E-state index in [0.29, 0.717) is 6.61 Å². The number of ether oxygens (including phenoxy) is 2. The molecule has 1 heterocycles. The molecule has 1 rings (SSSR count). The van der Waals surface area contributed by atoms with Crippen molar-refractivity contribution in [3.05, 3.63) is 12.2 Å². The standard InChI is InChI=1S/C26H50O5/c1-2-3-4-5-6-7-8-9-10-11-12-13-14-15-16-17-18-19-20-30-24-22-31-23(21-27)25(28)26(24)29/h8-9,23-29H,2-7,10-22H2,1H3/b9-8+/t23-,24+,25-,26-/m1/s1. The van der Waals surface area contributed by atoms with Crippen molar-refractivity contribution in [2.45, 2.75) is 134 Å². The number of unbranched alkanes of at least 4 members (excludes halogenated alkanes) is 14. The van der Waals surface area contributed by atoms with Gasteiger partial charge >= 0.3 is 0 Å². The summed E-state index contributed by atoms with van der Waals surface area (Å²) in [6.07, 6.45) is 22.1. The van der Waals surface area contributed by atoms with Crippen molar-refractivity contribution in [1.29, 1.82) is 0 Å². The molecular weight excluding hydrogens is 392 g/mol. The van der Waals surface area contributed by atoms with Gasteiger partial charge in [0.2, 0.25) is 0 Å². The summed E-state index contributed by atoms with van der Waals surface area (Å²) in [4.78, 5) is 0. The summed E-state index contributed by atoms with van der Waals surface area (Å²) in [7, 11) is 0. The Labute approximate surface area is 191 Å². The van der Waals surface area contributed by atoms with E-state index in [-0.39, 0.29) is 13.2 Å². The molecule has 1 saturated heterocycles. The predicted octanol–water partition coefficient (Wildman–Crippen LogP) is 5.30. The van der Waals surface area contributed by atoms with Crippen LogP contribution in [0.1, 0.15) is 110 Å². The van der Waals surface area contributed by atoms with Gasteiger partial charge in [0, 0.05) is 6.61 Å². The fourth-order valence-corrected chi connectivity index (χ4v) is 4.10. The topological polar surface area (TPSA) is 79.2 Å². The van der Waals surface area contributed by atoms with Gasteiger partial charge in [0.05, 0.1) is 13.2 Å². The van der Waals surface area contributed by atoms with Gasteiger partial charge in [-0.1, -0.05) is 89.7 Å². The molecule has 0 amide bonds. The fraction of sp³-hybridized carbons (Fsp3) is 0.923. The average molecular weight is 443 g/mol. The van der Waals surface area contributed by atoms with E-state index in [1.165, 1.54) is 89.9 Å². The average Bonchev–Trinajstić information content (AvgIpc) is 2.78. The van der Waals surface area contributed by atoms with Gasteiger partial charge in [-0.15, -0.1) is 0 Å². The summed E-state index contributed by atoms with van der Waals surface area (Å²) in [6, 6.07) is 0. The zero-order valence-corrected chi connectivity index (χ0v) is 20.1. The Morgan fingerprint density at radius 2 is 1.26 bits per heavy atom. The fourth-order valence-electron chi connectivity index (χ4n) is 4.10. The first-order chi connectivity index (χ1) is 15.2. The molecule has 0 aromatic rings. The minimum absolute atomic E-state index is 0.221. The summed E-state index contributed by atoms with van der Waals surface area (Å²) in [5.41, 5.74) is 0. The second-order valence-corrected chi connectivity index (χ2v) is 9.09. The summed E-state index contributed by atoms with van der Waals surface area (Å²) < 4.78 is 11.0. The number of aliphatic hydroxyl groups is 3. The normalized spacial score (nSPS) is 24.3. The lowest BCUT2D eigenvalue weighted by molar-refractivity contribution is -0.208. The largest absolute Gasteiger partial charge is 0.394 e. The number of hydrogen-bond acceptors (Lipinski definition) is 5. The second kappa shape index (κ2) is 20.2. The van der Waals surface area contributed by atoms with Gasteiger partial charge in [0.25, 0.3) is 0 Å². The van der Waals surface area contributed by atoms with E-state index < -0.39 is 24.4 Å².